The van der Waals surface area contributed by atoms with E-state index < -0.39 is 41.0 Å². The van der Waals surface area contributed by atoms with E-state index in [9.17, 15) is 30.0 Å². The Morgan fingerprint density at radius 1 is 1.04 bits per heavy atom. The van der Waals surface area contributed by atoms with Crippen LogP contribution in [0.2, 0.25) is 0 Å². The molecule has 11 heteroatoms. The summed E-state index contributed by atoms with van der Waals surface area (Å²) < 4.78 is 12.2. The first-order valence-electron chi connectivity index (χ1n) is 16.1. The summed E-state index contributed by atoms with van der Waals surface area (Å²) in [5.74, 6) is -1.69. The van der Waals surface area contributed by atoms with Gasteiger partial charge in [-0.05, 0) is 95.3 Å². The smallest absolute Gasteiger partial charge is 0.225 e. The van der Waals surface area contributed by atoms with E-state index in [0.717, 1.165) is 48.1 Å². The first-order valence-corrected chi connectivity index (χ1v) is 16.1. The third-order valence-electron chi connectivity index (χ3n) is 10.0. The van der Waals surface area contributed by atoms with Gasteiger partial charge in [0.1, 0.15) is 24.0 Å². The normalized spacial score (nSPS) is 28.3. The van der Waals surface area contributed by atoms with Gasteiger partial charge in [-0.3, -0.25) is 9.59 Å². The molecule has 11 nitrogen and oxygen atoms in total. The molecule has 1 aliphatic carbocycles. The number of rotatable bonds is 14. The van der Waals surface area contributed by atoms with Crippen molar-refractivity contribution in [2.45, 2.75) is 100 Å². The summed E-state index contributed by atoms with van der Waals surface area (Å²) in [6.45, 7) is 6.07. The van der Waals surface area contributed by atoms with Crippen molar-refractivity contribution in [1.82, 2.24) is 15.1 Å². The summed E-state index contributed by atoms with van der Waals surface area (Å²) in [5, 5.41) is 46.4. The number of amides is 2. The fourth-order valence-corrected chi connectivity index (χ4v) is 6.78. The van der Waals surface area contributed by atoms with Crippen molar-refractivity contribution in [2.75, 3.05) is 33.8 Å². The van der Waals surface area contributed by atoms with Gasteiger partial charge >= 0.3 is 0 Å². The van der Waals surface area contributed by atoms with Gasteiger partial charge in [0.05, 0.1) is 12.2 Å². The quantitative estimate of drug-likeness (QED) is 0.152. The number of aryl methyl sites for hydroxylation is 2. The fraction of sp³-hybridized carbons (Fsp3) is 0.600. The predicted molar refractivity (Wildman–Crippen MR) is 171 cm³/mol. The summed E-state index contributed by atoms with van der Waals surface area (Å²) >= 11 is 0. The largest absolute Gasteiger partial charge is 0.387 e. The van der Waals surface area contributed by atoms with E-state index in [4.69, 9.17) is 9.47 Å². The van der Waals surface area contributed by atoms with Crippen molar-refractivity contribution in [3.63, 3.8) is 0 Å². The fourth-order valence-electron chi connectivity index (χ4n) is 6.78. The second-order valence-electron chi connectivity index (χ2n) is 14.0. The van der Waals surface area contributed by atoms with Crippen LogP contribution < -0.4 is 5.32 Å². The maximum atomic E-state index is 13.2. The van der Waals surface area contributed by atoms with Crippen LogP contribution in [0.3, 0.4) is 0 Å². The lowest BCUT2D eigenvalue weighted by molar-refractivity contribution is -0.348. The third kappa shape index (κ3) is 6.34. The van der Waals surface area contributed by atoms with Gasteiger partial charge in [0, 0.05) is 25.1 Å². The van der Waals surface area contributed by atoms with Crippen LogP contribution in [0, 0.1) is 6.92 Å². The van der Waals surface area contributed by atoms with E-state index in [2.05, 4.69) is 29.6 Å². The maximum Gasteiger partial charge on any atom is 0.225 e. The minimum atomic E-state index is -1.74. The Morgan fingerprint density at radius 3 is 2.33 bits per heavy atom. The number of nitrogens with zero attached hydrogens (tertiary/aromatic N) is 2. The van der Waals surface area contributed by atoms with E-state index in [1.165, 1.54) is 13.8 Å². The Kier molecular flexibility index (Phi) is 9.70. The minimum Gasteiger partial charge on any atom is -0.387 e. The van der Waals surface area contributed by atoms with E-state index >= 15 is 0 Å². The van der Waals surface area contributed by atoms with E-state index in [1.807, 2.05) is 43.0 Å². The lowest BCUT2D eigenvalue weighted by atomic mass is 9.75. The number of nitrogens with one attached hydrogen (secondary N) is 1. The Labute approximate surface area is 271 Å². The number of hydrogen-bond donors (Lipinski definition) is 5. The molecule has 2 aliphatic heterocycles. The zero-order valence-electron chi connectivity index (χ0n) is 27.5. The molecule has 2 heterocycles. The molecule has 5 N–H and O–H groups in total. The number of benzene rings is 2. The van der Waals surface area contributed by atoms with E-state index in [1.54, 1.807) is 6.07 Å². The molecular weight excluding hydrogens is 590 g/mol. The Balaban J connectivity index is 1.24. The van der Waals surface area contributed by atoms with Gasteiger partial charge in [0.15, 0.2) is 5.60 Å². The molecule has 3 fully saturated rings. The summed E-state index contributed by atoms with van der Waals surface area (Å²) in [6.07, 6.45) is 0.00476. The van der Waals surface area contributed by atoms with Crippen LogP contribution >= 0.6 is 0 Å². The topological polar surface area (TPSA) is 152 Å². The SMILES string of the molecule is Cc1ccc([C@]23OC[C@](C(C)(C)O)(O2)[C@@H](O)[C@H](O)[C@H]3O)cc1Cc1ccc(CCCC(=O)N(CCN(C)C)C2(NC=O)CC2)cc1. The van der Waals surface area contributed by atoms with Gasteiger partial charge in [-0.1, -0.05) is 36.4 Å². The number of carbonyl (C=O) groups excluding carboxylic acids is 2. The van der Waals surface area contributed by atoms with Gasteiger partial charge < -0.3 is 45.0 Å². The van der Waals surface area contributed by atoms with Crippen LogP contribution in [0.15, 0.2) is 42.5 Å². The number of carbonyl (C=O) groups is 2. The Morgan fingerprint density at radius 2 is 1.72 bits per heavy atom. The van der Waals surface area contributed by atoms with E-state index in [0.29, 0.717) is 37.8 Å². The molecule has 252 valence electrons. The van der Waals surface area contributed by atoms with Crippen molar-refractivity contribution in [3.8, 4) is 0 Å². The number of aliphatic hydroxyl groups excluding tert-OH is 3. The second-order valence-corrected chi connectivity index (χ2v) is 14.0. The van der Waals surface area contributed by atoms with Crippen LogP contribution in [0.1, 0.15) is 67.3 Å². The number of likely N-dealkylation sites (N-methyl/N-ethyl adjacent to an activating group) is 1. The first-order chi connectivity index (χ1) is 21.7. The standard InChI is InChI=1S/C35H49N3O8/c1-23-9-14-27(35-31(43)29(41)30(42)34(46-35,21-45-35)32(2,3)44)20-26(23)19-25-12-10-24(11-13-25)7-6-8-28(40)38(18-17-37(4)5)33(15-16-33)36-22-39/h9-14,20,22,29-31,41-44H,6-8,15-19,21H2,1-5H3,(H,36,39)/t29-,30-,31+,34-,35-/m0/s1. The van der Waals surface area contributed by atoms with Crippen molar-refractivity contribution in [1.29, 1.82) is 0 Å². The molecule has 2 saturated heterocycles. The average molecular weight is 640 g/mol. The van der Waals surface area contributed by atoms with Crippen molar-refractivity contribution < 1.29 is 39.5 Å². The van der Waals surface area contributed by atoms with Crippen LogP contribution in [0.5, 0.6) is 0 Å². The van der Waals surface area contributed by atoms with Crippen molar-refractivity contribution >= 4 is 12.3 Å². The summed E-state index contributed by atoms with van der Waals surface area (Å²) in [4.78, 5) is 28.2. The monoisotopic (exact) mass is 639 g/mol. The van der Waals surface area contributed by atoms with E-state index in [-0.39, 0.29) is 12.5 Å². The average Bonchev–Trinajstić information content (AvgIpc) is 3.66. The molecule has 0 unspecified atom stereocenters. The highest BCUT2D eigenvalue weighted by atomic mass is 16.8. The van der Waals surface area contributed by atoms with Crippen molar-refractivity contribution in [3.05, 3.63) is 70.3 Å². The van der Waals surface area contributed by atoms with Crippen LogP contribution in [-0.2, 0) is 37.7 Å². The second kappa shape index (κ2) is 13.0. The molecule has 0 radical (unpaired) electrons. The lowest BCUT2D eigenvalue weighted by Crippen LogP contribution is -2.70. The third-order valence-corrected chi connectivity index (χ3v) is 10.0. The molecule has 2 bridgehead atoms. The minimum absolute atomic E-state index is 0.0558. The number of fused-ring (bicyclic) bond motifs is 2. The predicted octanol–water partition coefficient (Wildman–Crippen LogP) is 1.34. The van der Waals surface area contributed by atoms with Gasteiger partial charge in [-0.15, -0.1) is 0 Å². The summed E-state index contributed by atoms with van der Waals surface area (Å²) in [6, 6.07) is 13.8. The highest BCUT2D eigenvalue weighted by molar-refractivity contribution is 5.78. The number of aliphatic hydroxyl groups is 4. The summed E-state index contributed by atoms with van der Waals surface area (Å²) in [7, 11) is 3.94. The molecular formula is C35H49N3O8. The molecule has 1 saturated carbocycles. The Hall–Kier alpha value is -2.90. The molecule has 2 aromatic carbocycles. The van der Waals surface area contributed by atoms with Gasteiger partial charge in [0.25, 0.3) is 0 Å². The van der Waals surface area contributed by atoms with Crippen molar-refractivity contribution in [2.24, 2.45) is 0 Å². The molecule has 2 amide bonds. The molecule has 3 aliphatic rings. The summed E-state index contributed by atoms with van der Waals surface area (Å²) in [5.41, 5.74) is 0.983. The van der Waals surface area contributed by atoms with Crippen LogP contribution in [0.25, 0.3) is 0 Å². The van der Waals surface area contributed by atoms with Gasteiger partial charge in [-0.2, -0.15) is 0 Å². The molecule has 0 spiro atoms. The zero-order valence-corrected chi connectivity index (χ0v) is 27.5. The number of ether oxygens (including phenoxy) is 2. The van der Waals surface area contributed by atoms with Gasteiger partial charge in [0.2, 0.25) is 18.1 Å². The lowest BCUT2D eigenvalue weighted by Gasteiger charge is -2.50. The molecule has 46 heavy (non-hydrogen) atoms. The van der Waals surface area contributed by atoms with Gasteiger partial charge in [-0.25, -0.2) is 0 Å². The molecule has 0 aromatic heterocycles. The Bertz CT molecular complexity index is 1410. The molecule has 5 rings (SSSR count). The first kappa shape index (κ1) is 34.4. The van der Waals surface area contributed by atoms with Crippen LogP contribution in [0.4, 0.5) is 0 Å². The van der Waals surface area contributed by atoms with Crippen LogP contribution in [-0.4, -0.2) is 112 Å². The highest BCUT2D eigenvalue weighted by Crippen LogP contribution is 2.53. The number of hydrogen-bond acceptors (Lipinski definition) is 9. The molecule has 5 atom stereocenters. The molecule has 2 aromatic rings. The maximum absolute atomic E-state index is 13.2. The highest BCUT2D eigenvalue weighted by Gasteiger charge is 2.71. The zero-order chi connectivity index (χ0) is 33.5.